The van der Waals surface area contributed by atoms with Crippen LogP contribution in [-0.4, -0.2) is 15.2 Å². The molecule has 0 amide bonds. The molecule has 0 aliphatic heterocycles. The Morgan fingerprint density at radius 1 is 1.36 bits per heavy atom. The van der Waals surface area contributed by atoms with E-state index < -0.39 is 5.60 Å². The molecule has 4 heteroatoms. The summed E-state index contributed by atoms with van der Waals surface area (Å²) in [5.74, 6) is 0.0139. The third-order valence-corrected chi connectivity index (χ3v) is 2.70. The quantitative estimate of drug-likeness (QED) is 0.717. The Hall–Kier alpha value is -1.55. The van der Waals surface area contributed by atoms with Gasteiger partial charge in [0.05, 0.1) is 5.60 Å². The first kappa shape index (κ1) is 7.82. The molecule has 1 aromatic heterocycles. The summed E-state index contributed by atoms with van der Waals surface area (Å²) in [5, 5.41) is 19.7. The fourth-order valence-electron chi connectivity index (χ4n) is 1.68. The number of aromatic hydroxyl groups is 1. The average molecular weight is 191 g/mol. The SMILES string of the molecule is Oc1c(C2(O)CC2)ccc2ncoc12. The highest BCUT2D eigenvalue weighted by Gasteiger charge is 2.44. The molecule has 3 rings (SSSR count). The highest BCUT2D eigenvalue weighted by molar-refractivity contribution is 5.81. The van der Waals surface area contributed by atoms with Gasteiger partial charge in [0.25, 0.3) is 0 Å². The van der Waals surface area contributed by atoms with Crippen molar-refractivity contribution in [3.63, 3.8) is 0 Å². The number of phenolic OH excluding ortho intramolecular Hbond substituents is 1. The van der Waals surface area contributed by atoms with Crippen LogP contribution in [0.5, 0.6) is 5.75 Å². The van der Waals surface area contributed by atoms with Gasteiger partial charge >= 0.3 is 0 Å². The maximum atomic E-state index is 9.86. The number of hydrogen-bond acceptors (Lipinski definition) is 4. The van der Waals surface area contributed by atoms with Crippen LogP contribution in [0.15, 0.2) is 22.9 Å². The van der Waals surface area contributed by atoms with Crippen molar-refractivity contribution < 1.29 is 14.6 Å². The zero-order valence-electron chi connectivity index (χ0n) is 7.40. The second-order valence-corrected chi connectivity index (χ2v) is 3.69. The number of benzene rings is 1. The zero-order chi connectivity index (χ0) is 9.76. The van der Waals surface area contributed by atoms with Crippen molar-refractivity contribution in [1.82, 2.24) is 4.98 Å². The molecule has 1 fully saturated rings. The summed E-state index contributed by atoms with van der Waals surface area (Å²) in [5.41, 5.74) is 0.658. The molecular weight excluding hydrogens is 182 g/mol. The highest BCUT2D eigenvalue weighted by atomic mass is 16.4. The second-order valence-electron chi connectivity index (χ2n) is 3.69. The van der Waals surface area contributed by atoms with Gasteiger partial charge in [-0.2, -0.15) is 0 Å². The molecule has 0 saturated heterocycles. The molecule has 2 aromatic rings. The molecule has 2 N–H and O–H groups in total. The fraction of sp³-hybridized carbons (Fsp3) is 0.300. The van der Waals surface area contributed by atoms with Gasteiger partial charge in [-0.3, -0.25) is 0 Å². The van der Waals surface area contributed by atoms with Crippen molar-refractivity contribution in [2.75, 3.05) is 0 Å². The monoisotopic (exact) mass is 191 g/mol. The van der Waals surface area contributed by atoms with Gasteiger partial charge in [-0.05, 0) is 18.9 Å². The summed E-state index contributed by atoms with van der Waals surface area (Å²) < 4.78 is 5.04. The van der Waals surface area contributed by atoms with Crippen LogP contribution in [0.3, 0.4) is 0 Å². The van der Waals surface area contributed by atoms with Crippen LogP contribution in [-0.2, 0) is 5.60 Å². The van der Waals surface area contributed by atoms with E-state index in [1.807, 2.05) is 0 Å². The van der Waals surface area contributed by atoms with Gasteiger partial charge < -0.3 is 14.6 Å². The summed E-state index contributed by atoms with van der Waals surface area (Å²) in [6, 6.07) is 3.44. The van der Waals surface area contributed by atoms with Crippen LogP contribution in [0, 0.1) is 0 Å². The van der Waals surface area contributed by atoms with Crippen LogP contribution in [0.1, 0.15) is 18.4 Å². The van der Waals surface area contributed by atoms with Crippen molar-refractivity contribution in [2.45, 2.75) is 18.4 Å². The predicted octanol–water partition coefficient (Wildman–Crippen LogP) is 1.51. The number of rotatable bonds is 1. The Kier molecular flexibility index (Phi) is 1.27. The third-order valence-electron chi connectivity index (χ3n) is 2.70. The lowest BCUT2D eigenvalue weighted by atomic mass is 10.1. The van der Waals surface area contributed by atoms with Gasteiger partial charge in [-0.15, -0.1) is 0 Å². The lowest BCUT2D eigenvalue weighted by Crippen LogP contribution is -2.04. The first-order valence-electron chi connectivity index (χ1n) is 4.49. The van der Waals surface area contributed by atoms with E-state index in [0.29, 0.717) is 29.5 Å². The smallest absolute Gasteiger partial charge is 0.196 e. The van der Waals surface area contributed by atoms with Crippen molar-refractivity contribution in [1.29, 1.82) is 0 Å². The largest absolute Gasteiger partial charge is 0.504 e. The number of hydrogen-bond donors (Lipinski definition) is 2. The second kappa shape index (κ2) is 2.27. The standard InChI is InChI=1S/C10H9NO3/c12-8-6(10(13)3-4-10)1-2-7-9(8)14-5-11-7/h1-2,5,12-13H,3-4H2. The maximum absolute atomic E-state index is 9.86. The minimum Gasteiger partial charge on any atom is -0.504 e. The first-order valence-corrected chi connectivity index (χ1v) is 4.49. The molecule has 1 aliphatic rings. The number of fused-ring (bicyclic) bond motifs is 1. The molecule has 1 aromatic carbocycles. The molecular formula is C10H9NO3. The minimum absolute atomic E-state index is 0.0139. The number of aliphatic hydroxyl groups is 1. The van der Waals surface area contributed by atoms with Gasteiger partial charge in [0.15, 0.2) is 17.7 Å². The van der Waals surface area contributed by atoms with Gasteiger partial charge in [0, 0.05) is 5.56 Å². The van der Waals surface area contributed by atoms with E-state index in [4.69, 9.17) is 4.42 Å². The van der Waals surface area contributed by atoms with E-state index in [2.05, 4.69) is 4.98 Å². The van der Waals surface area contributed by atoms with E-state index in [1.165, 1.54) is 6.39 Å². The fourth-order valence-corrected chi connectivity index (χ4v) is 1.68. The van der Waals surface area contributed by atoms with Crippen molar-refractivity contribution in [3.8, 4) is 5.75 Å². The molecule has 1 aliphatic carbocycles. The van der Waals surface area contributed by atoms with Crippen LogP contribution < -0.4 is 0 Å². The molecule has 0 bridgehead atoms. The summed E-state index contributed by atoms with van der Waals surface area (Å²) in [6.07, 6.45) is 2.67. The van der Waals surface area contributed by atoms with Crippen molar-refractivity contribution in [3.05, 3.63) is 24.1 Å². The van der Waals surface area contributed by atoms with E-state index >= 15 is 0 Å². The van der Waals surface area contributed by atoms with E-state index in [-0.39, 0.29) is 5.75 Å². The molecule has 4 nitrogen and oxygen atoms in total. The highest BCUT2D eigenvalue weighted by Crippen LogP contribution is 2.49. The van der Waals surface area contributed by atoms with E-state index in [1.54, 1.807) is 12.1 Å². The Morgan fingerprint density at radius 2 is 2.14 bits per heavy atom. The Morgan fingerprint density at radius 3 is 2.86 bits per heavy atom. The summed E-state index contributed by atoms with van der Waals surface area (Å²) in [6.45, 7) is 0. The molecule has 0 spiro atoms. The Bertz CT molecular complexity index is 499. The summed E-state index contributed by atoms with van der Waals surface area (Å²) in [4.78, 5) is 3.91. The van der Waals surface area contributed by atoms with Crippen LogP contribution >= 0.6 is 0 Å². The lowest BCUT2D eigenvalue weighted by Gasteiger charge is -2.09. The van der Waals surface area contributed by atoms with Crippen molar-refractivity contribution in [2.24, 2.45) is 0 Å². The molecule has 1 heterocycles. The van der Waals surface area contributed by atoms with Crippen LogP contribution in [0.4, 0.5) is 0 Å². The number of nitrogens with zero attached hydrogens (tertiary/aromatic N) is 1. The normalized spacial score (nSPS) is 18.6. The van der Waals surface area contributed by atoms with Gasteiger partial charge in [0.2, 0.25) is 0 Å². The summed E-state index contributed by atoms with van der Waals surface area (Å²) in [7, 11) is 0. The molecule has 14 heavy (non-hydrogen) atoms. The van der Waals surface area contributed by atoms with Crippen LogP contribution in [0.25, 0.3) is 11.1 Å². The zero-order valence-corrected chi connectivity index (χ0v) is 7.40. The van der Waals surface area contributed by atoms with Gasteiger partial charge in [-0.25, -0.2) is 4.98 Å². The molecule has 72 valence electrons. The van der Waals surface area contributed by atoms with E-state index in [0.717, 1.165) is 0 Å². The average Bonchev–Trinajstić information content (AvgIpc) is 2.75. The van der Waals surface area contributed by atoms with Crippen molar-refractivity contribution >= 4 is 11.1 Å². The van der Waals surface area contributed by atoms with E-state index in [9.17, 15) is 10.2 Å². The Labute approximate surface area is 79.8 Å². The summed E-state index contributed by atoms with van der Waals surface area (Å²) >= 11 is 0. The van der Waals surface area contributed by atoms with Gasteiger partial charge in [0.1, 0.15) is 5.52 Å². The molecule has 1 saturated carbocycles. The Balaban J connectivity index is 2.30. The molecule has 0 unspecified atom stereocenters. The third kappa shape index (κ3) is 0.886. The van der Waals surface area contributed by atoms with Gasteiger partial charge in [-0.1, -0.05) is 6.07 Å². The predicted molar refractivity (Wildman–Crippen MR) is 48.8 cm³/mol. The number of phenols is 1. The molecule has 0 radical (unpaired) electrons. The van der Waals surface area contributed by atoms with Crippen LogP contribution in [0.2, 0.25) is 0 Å². The lowest BCUT2D eigenvalue weighted by molar-refractivity contribution is 0.148. The minimum atomic E-state index is -0.842. The number of oxazole rings is 1. The molecule has 0 atom stereocenters. The number of aromatic nitrogens is 1. The topological polar surface area (TPSA) is 66.5 Å². The first-order chi connectivity index (χ1) is 6.71. The maximum Gasteiger partial charge on any atom is 0.196 e.